The number of halogens is 1. The second-order valence-corrected chi connectivity index (χ2v) is 7.91. The van der Waals surface area contributed by atoms with Crippen LogP contribution >= 0.6 is 0 Å². The lowest BCUT2D eigenvalue weighted by Gasteiger charge is -2.37. The average molecular weight is 468 g/mol. The first-order valence-electron chi connectivity index (χ1n) is 10.8. The Morgan fingerprint density at radius 1 is 0.971 bits per heavy atom. The Balaban J connectivity index is 1.16. The van der Waals surface area contributed by atoms with Crippen LogP contribution in [0.5, 0.6) is 11.5 Å². The van der Waals surface area contributed by atoms with Gasteiger partial charge in [0.05, 0.1) is 0 Å². The molecule has 1 unspecified atom stereocenters. The number of hydrogen-bond donors (Lipinski definition) is 0. The van der Waals surface area contributed by atoms with Crippen LogP contribution in [-0.4, -0.2) is 70.3 Å². The van der Waals surface area contributed by atoms with Gasteiger partial charge in [-0.1, -0.05) is 12.1 Å². The van der Waals surface area contributed by atoms with Gasteiger partial charge < -0.3 is 23.7 Å². The van der Waals surface area contributed by atoms with Crippen molar-refractivity contribution in [2.24, 2.45) is 0 Å². The van der Waals surface area contributed by atoms with Crippen LogP contribution in [0.25, 0.3) is 11.5 Å². The molecule has 0 N–H and O–H groups in total. The van der Waals surface area contributed by atoms with Crippen molar-refractivity contribution in [3.8, 4) is 23.0 Å². The second-order valence-electron chi connectivity index (χ2n) is 7.91. The molecule has 2 aliphatic rings. The van der Waals surface area contributed by atoms with E-state index in [4.69, 9.17) is 13.9 Å². The number of carbonyl (C=O) groups is 2. The third-order valence-corrected chi connectivity index (χ3v) is 5.71. The van der Waals surface area contributed by atoms with Crippen molar-refractivity contribution in [2.45, 2.75) is 12.6 Å². The van der Waals surface area contributed by atoms with Crippen LogP contribution in [0.4, 0.5) is 4.39 Å². The van der Waals surface area contributed by atoms with E-state index in [0.717, 1.165) is 4.68 Å². The number of para-hydroxylation sites is 2. The highest BCUT2D eigenvalue weighted by Gasteiger charge is 2.33. The van der Waals surface area contributed by atoms with Crippen molar-refractivity contribution < 1.29 is 27.9 Å². The predicted octanol–water partition coefficient (Wildman–Crippen LogP) is 1.15. The number of rotatable bonds is 4. The fourth-order valence-electron chi connectivity index (χ4n) is 3.86. The van der Waals surface area contributed by atoms with E-state index in [0.29, 0.717) is 43.2 Å². The van der Waals surface area contributed by atoms with Gasteiger partial charge in [0.25, 0.3) is 5.91 Å². The number of carbonyl (C=O) groups excluding carboxylic acids is 2. The molecule has 1 fully saturated rings. The highest BCUT2D eigenvalue weighted by molar-refractivity contribution is 5.82. The molecule has 176 valence electrons. The summed E-state index contributed by atoms with van der Waals surface area (Å²) in [4.78, 5) is 40.9. The monoisotopic (exact) mass is 468 g/mol. The highest BCUT2D eigenvalue weighted by atomic mass is 19.1. The van der Waals surface area contributed by atoms with E-state index in [1.54, 1.807) is 21.9 Å². The smallest absolute Gasteiger partial charge is 0.437 e. The van der Waals surface area contributed by atoms with E-state index in [2.05, 4.69) is 5.10 Å². The van der Waals surface area contributed by atoms with Gasteiger partial charge in [0.1, 0.15) is 19.0 Å². The number of fused-ring (bicyclic) bond motifs is 1. The van der Waals surface area contributed by atoms with Gasteiger partial charge in [-0.3, -0.25) is 9.59 Å². The van der Waals surface area contributed by atoms with Crippen molar-refractivity contribution >= 4 is 11.8 Å². The number of ether oxygens (including phenoxy) is 2. The molecular weight excluding hydrogens is 447 g/mol. The molecule has 10 nitrogen and oxygen atoms in total. The molecule has 3 heterocycles. The number of benzene rings is 2. The maximum atomic E-state index is 13.1. The fourth-order valence-corrected chi connectivity index (χ4v) is 3.86. The summed E-state index contributed by atoms with van der Waals surface area (Å²) < 4.78 is 30.5. The van der Waals surface area contributed by atoms with Crippen LogP contribution in [0.2, 0.25) is 0 Å². The minimum absolute atomic E-state index is 0.00416. The number of piperazine rings is 1. The third-order valence-electron chi connectivity index (χ3n) is 5.71. The molecule has 2 aromatic carbocycles. The molecule has 0 spiro atoms. The van der Waals surface area contributed by atoms with Crippen LogP contribution in [-0.2, 0) is 16.1 Å². The molecule has 1 saturated heterocycles. The summed E-state index contributed by atoms with van der Waals surface area (Å²) in [5.74, 6) is -0.587. The van der Waals surface area contributed by atoms with Gasteiger partial charge in [-0.25, -0.2) is 9.18 Å². The predicted molar refractivity (Wildman–Crippen MR) is 116 cm³/mol. The van der Waals surface area contributed by atoms with Gasteiger partial charge in [0, 0.05) is 31.7 Å². The maximum absolute atomic E-state index is 13.1. The molecule has 34 heavy (non-hydrogen) atoms. The van der Waals surface area contributed by atoms with E-state index in [9.17, 15) is 18.8 Å². The zero-order valence-corrected chi connectivity index (χ0v) is 18.1. The van der Waals surface area contributed by atoms with Crippen LogP contribution in [0.3, 0.4) is 0 Å². The summed E-state index contributed by atoms with van der Waals surface area (Å²) in [5, 5.41) is 4.04. The summed E-state index contributed by atoms with van der Waals surface area (Å²) in [5.41, 5.74) is 0.424. The van der Waals surface area contributed by atoms with Crippen molar-refractivity contribution in [2.75, 3.05) is 32.8 Å². The summed E-state index contributed by atoms with van der Waals surface area (Å²) in [7, 11) is 0. The van der Waals surface area contributed by atoms with Crippen LogP contribution in [0, 0.1) is 5.82 Å². The zero-order valence-electron chi connectivity index (χ0n) is 18.1. The first kappa shape index (κ1) is 21.7. The number of aromatic nitrogens is 2. The zero-order chi connectivity index (χ0) is 23.7. The molecule has 11 heteroatoms. The van der Waals surface area contributed by atoms with E-state index in [-0.39, 0.29) is 30.9 Å². The van der Waals surface area contributed by atoms with Crippen molar-refractivity contribution in [3.05, 3.63) is 64.9 Å². The topological polar surface area (TPSA) is 107 Å². The number of amides is 2. The largest absolute Gasteiger partial charge is 0.485 e. The minimum Gasteiger partial charge on any atom is -0.485 e. The Labute approximate surface area is 193 Å². The molecule has 3 aromatic rings. The normalized spacial score (nSPS) is 17.5. The Bertz CT molecular complexity index is 1260. The summed E-state index contributed by atoms with van der Waals surface area (Å²) in [6.45, 7) is 1.12. The Hall–Kier alpha value is -4.15. The molecule has 0 saturated carbocycles. The summed E-state index contributed by atoms with van der Waals surface area (Å²) >= 11 is 0. The Morgan fingerprint density at radius 2 is 1.65 bits per heavy atom. The standard InChI is InChI=1S/C23H21FN4O6/c24-16-7-5-15(6-8-16)21-25-28(23(31)34-21)13-20(29)26-9-11-27(12-10-26)22(30)19-14-32-17-3-1-2-4-18(17)33-19/h1-8,19H,9-14H2. The summed E-state index contributed by atoms with van der Waals surface area (Å²) in [6, 6.07) is 12.5. The molecule has 1 atom stereocenters. The molecule has 1 aromatic heterocycles. The minimum atomic E-state index is -0.781. The SMILES string of the molecule is O=C(Cn1nc(-c2ccc(F)cc2)oc1=O)N1CCN(C(=O)C2COc3ccccc3O2)CC1. The molecular formula is C23H21FN4O6. The van der Waals surface area contributed by atoms with Crippen LogP contribution in [0.1, 0.15) is 0 Å². The van der Waals surface area contributed by atoms with E-state index < -0.39 is 17.7 Å². The Kier molecular flexibility index (Phi) is 5.74. The third kappa shape index (κ3) is 4.36. The van der Waals surface area contributed by atoms with Gasteiger partial charge in [-0.2, -0.15) is 4.68 Å². The number of nitrogens with zero attached hydrogens (tertiary/aromatic N) is 4. The molecule has 2 aliphatic heterocycles. The quantitative estimate of drug-likeness (QED) is 0.566. The van der Waals surface area contributed by atoms with Gasteiger partial charge in [0.15, 0.2) is 11.5 Å². The van der Waals surface area contributed by atoms with E-state index >= 15 is 0 Å². The lowest BCUT2D eigenvalue weighted by Crippen LogP contribution is -2.55. The van der Waals surface area contributed by atoms with E-state index in [1.807, 2.05) is 12.1 Å². The second kappa shape index (κ2) is 9.00. The first-order valence-corrected chi connectivity index (χ1v) is 10.8. The highest BCUT2D eigenvalue weighted by Crippen LogP contribution is 2.31. The number of hydrogen-bond acceptors (Lipinski definition) is 7. The van der Waals surface area contributed by atoms with Crippen LogP contribution < -0.4 is 15.2 Å². The van der Waals surface area contributed by atoms with Gasteiger partial charge in [-0.15, -0.1) is 5.10 Å². The first-order chi connectivity index (χ1) is 16.5. The maximum Gasteiger partial charge on any atom is 0.437 e. The Morgan fingerprint density at radius 3 is 2.38 bits per heavy atom. The van der Waals surface area contributed by atoms with Crippen molar-refractivity contribution in [3.63, 3.8) is 0 Å². The van der Waals surface area contributed by atoms with Crippen LogP contribution in [0.15, 0.2) is 57.7 Å². The van der Waals surface area contributed by atoms with Crippen molar-refractivity contribution in [1.82, 2.24) is 19.6 Å². The van der Waals surface area contributed by atoms with Crippen molar-refractivity contribution in [1.29, 1.82) is 0 Å². The lowest BCUT2D eigenvalue weighted by atomic mass is 10.2. The van der Waals surface area contributed by atoms with Gasteiger partial charge in [0.2, 0.25) is 17.9 Å². The molecule has 0 aliphatic carbocycles. The fraction of sp³-hybridized carbons (Fsp3) is 0.304. The summed E-state index contributed by atoms with van der Waals surface area (Å²) in [6.07, 6.45) is -0.740. The van der Waals surface area contributed by atoms with Gasteiger partial charge >= 0.3 is 5.76 Å². The lowest BCUT2D eigenvalue weighted by molar-refractivity contribution is -0.146. The van der Waals surface area contributed by atoms with E-state index in [1.165, 1.54) is 24.3 Å². The molecule has 0 bridgehead atoms. The van der Waals surface area contributed by atoms with Gasteiger partial charge in [-0.05, 0) is 36.4 Å². The average Bonchev–Trinajstić information content (AvgIpc) is 3.23. The molecule has 2 amide bonds. The molecule has 0 radical (unpaired) electrons. The molecule has 5 rings (SSSR count).